The molecule has 2 aromatic heterocycles. The predicted molar refractivity (Wildman–Crippen MR) is 173 cm³/mol. The Morgan fingerprint density at radius 1 is 1.09 bits per heavy atom. The van der Waals surface area contributed by atoms with E-state index in [9.17, 15) is 9.90 Å². The molecule has 1 saturated heterocycles. The number of alkyl halides is 1. The molecule has 6 rings (SSSR count). The average Bonchev–Trinajstić information content (AvgIpc) is 3.64. The Bertz CT molecular complexity index is 1810. The van der Waals surface area contributed by atoms with Gasteiger partial charge in [0.25, 0.3) is 0 Å². The highest BCUT2D eigenvalue weighted by molar-refractivity contribution is 6.35. The number of aromatic nitrogens is 4. The average molecular weight is 651 g/mol. The molecule has 5 aromatic rings. The Balaban J connectivity index is 1.12. The first kappa shape index (κ1) is 31.1. The summed E-state index contributed by atoms with van der Waals surface area (Å²) >= 11 is 12.2. The van der Waals surface area contributed by atoms with E-state index in [1.165, 1.54) is 0 Å². The summed E-state index contributed by atoms with van der Waals surface area (Å²) in [5.74, 6) is 0.304. The van der Waals surface area contributed by atoms with E-state index in [1.54, 1.807) is 42.7 Å². The van der Waals surface area contributed by atoms with Crippen molar-refractivity contribution in [3.63, 3.8) is 0 Å². The molecular weight excluding hydrogens is 616 g/mol. The van der Waals surface area contributed by atoms with Gasteiger partial charge >= 0.3 is 5.97 Å². The summed E-state index contributed by atoms with van der Waals surface area (Å²) in [4.78, 5) is 23.2. The van der Waals surface area contributed by atoms with E-state index in [1.807, 2.05) is 30.5 Å². The fraction of sp³-hybridized carbons (Fsp3) is 0.324. The first-order valence-corrected chi connectivity index (χ1v) is 15.8. The number of nitrogens with zero attached hydrogens (tertiary/aromatic N) is 5. The summed E-state index contributed by atoms with van der Waals surface area (Å²) in [7, 11) is 0. The second-order valence-electron chi connectivity index (χ2n) is 11.4. The standard InChI is InChI=1S/C34H34Cl2FN5O3/c1-2-41-21-38-17-27(41)18-42-30-15-25(34(43)44)6-8-29(30)39-32(42)19-40-12-10-23(11-13-40)33(37)24-5-3-4-22(14-24)20-45-31-9-7-26(35)16-28(31)36/h3-9,14-17,21,23,33H,2,10-13,18-20H2,1H3,(H,43,44). The van der Waals surface area contributed by atoms with Crippen molar-refractivity contribution in [2.45, 2.75) is 52.2 Å². The number of piperidine rings is 1. The van der Waals surface area contributed by atoms with E-state index in [4.69, 9.17) is 32.9 Å². The molecule has 1 N–H and O–H groups in total. The van der Waals surface area contributed by atoms with Crippen molar-refractivity contribution in [3.05, 3.63) is 111 Å². The molecular formula is C34H34Cl2FN5O3. The van der Waals surface area contributed by atoms with Gasteiger partial charge in [-0.1, -0.05) is 41.4 Å². The van der Waals surface area contributed by atoms with E-state index >= 15 is 4.39 Å². The molecule has 1 aliphatic heterocycles. The largest absolute Gasteiger partial charge is 0.487 e. The Labute approximate surface area is 271 Å². The van der Waals surface area contributed by atoms with Gasteiger partial charge in [-0.2, -0.15) is 0 Å². The maximum Gasteiger partial charge on any atom is 0.335 e. The SMILES string of the molecule is CCn1cncc1Cn1c(CN2CCC(C(F)c3cccc(COc4ccc(Cl)cc4Cl)c3)CC2)nc2ccc(C(=O)O)cc21. The Morgan fingerprint density at radius 3 is 2.67 bits per heavy atom. The molecule has 8 nitrogen and oxygen atoms in total. The molecule has 0 spiro atoms. The van der Waals surface area contributed by atoms with Crippen molar-refractivity contribution in [1.29, 1.82) is 0 Å². The van der Waals surface area contributed by atoms with Gasteiger partial charge in [0.05, 0.1) is 46.7 Å². The van der Waals surface area contributed by atoms with E-state index in [2.05, 4.69) is 25.9 Å². The first-order chi connectivity index (χ1) is 21.8. The van der Waals surface area contributed by atoms with Crippen LogP contribution in [0.5, 0.6) is 5.75 Å². The highest BCUT2D eigenvalue weighted by Crippen LogP contribution is 2.35. The van der Waals surface area contributed by atoms with Crippen LogP contribution in [0.15, 0.2) is 73.2 Å². The number of rotatable bonds is 11. The summed E-state index contributed by atoms with van der Waals surface area (Å²) < 4.78 is 25.9. The molecule has 234 valence electrons. The molecule has 1 atom stereocenters. The van der Waals surface area contributed by atoms with Crippen LogP contribution in [0.4, 0.5) is 4.39 Å². The Kier molecular flexibility index (Phi) is 9.40. The van der Waals surface area contributed by atoms with Gasteiger partial charge in [-0.3, -0.25) is 4.90 Å². The number of imidazole rings is 2. The fourth-order valence-electron chi connectivity index (χ4n) is 6.01. The number of carboxylic acid groups (broad SMARTS) is 1. The summed E-state index contributed by atoms with van der Waals surface area (Å²) in [6.07, 6.45) is 3.98. The molecule has 11 heteroatoms. The zero-order valence-corrected chi connectivity index (χ0v) is 26.4. The molecule has 0 aliphatic carbocycles. The molecule has 1 unspecified atom stereocenters. The number of aromatic carboxylic acids is 1. The van der Waals surface area contributed by atoms with Crippen molar-refractivity contribution in [2.75, 3.05) is 13.1 Å². The first-order valence-electron chi connectivity index (χ1n) is 15.0. The monoisotopic (exact) mass is 649 g/mol. The highest BCUT2D eigenvalue weighted by Gasteiger charge is 2.29. The van der Waals surface area contributed by atoms with Crippen LogP contribution in [0.2, 0.25) is 10.0 Å². The van der Waals surface area contributed by atoms with Crippen LogP contribution in [-0.2, 0) is 26.2 Å². The smallest absolute Gasteiger partial charge is 0.335 e. The van der Waals surface area contributed by atoms with Gasteiger partial charge in [-0.15, -0.1) is 0 Å². The normalized spacial score (nSPS) is 15.0. The van der Waals surface area contributed by atoms with Crippen LogP contribution in [0.25, 0.3) is 11.0 Å². The lowest BCUT2D eigenvalue weighted by atomic mass is 9.88. The van der Waals surface area contributed by atoms with Gasteiger partial charge in [0.15, 0.2) is 0 Å². The second kappa shape index (κ2) is 13.6. The number of benzene rings is 3. The van der Waals surface area contributed by atoms with E-state index in [-0.39, 0.29) is 18.1 Å². The van der Waals surface area contributed by atoms with Crippen molar-refractivity contribution in [1.82, 2.24) is 24.0 Å². The quantitative estimate of drug-likeness (QED) is 0.157. The molecule has 0 amide bonds. The molecule has 1 fully saturated rings. The second-order valence-corrected chi connectivity index (χ2v) is 12.3. The third kappa shape index (κ3) is 7.01. The topological polar surface area (TPSA) is 85.4 Å². The van der Waals surface area contributed by atoms with Crippen molar-refractivity contribution in [2.24, 2.45) is 5.92 Å². The number of hydrogen-bond acceptors (Lipinski definition) is 5. The summed E-state index contributed by atoms with van der Waals surface area (Å²) in [6.45, 7) is 5.69. The van der Waals surface area contributed by atoms with Gasteiger partial charge < -0.3 is 19.0 Å². The molecule has 0 radical (unpaired) electrons. The molecule has 1 aliphatic rings. The molecule has 3 heterocycles. The van der Waals surface area contributed by atoms with Gasteiger partial charge in [0.2, 0.25) is 0 Å². The maximum atomic E-state index is 15.8. The third-order valence-electron chi connectivity index (χ3n) is 8.50. The van der Waals surface area contributed by atoms with Crippen LogP contribution in [0.1, 0.15) is 58.9 Å². The van der Waals surface area contributed by atoms with E-state index < -0.39 is 12.1 Å². The molecule has 0 bridgehead atoms. The van der Waals surface area contributed by atoms with Crippen LogP contribution in [0, 0.1) is 5.92 Å². The van der Waals surface area contributed by atoms with E-state index in [0.717, 1.165) is 47.7 Å². The number of carbonyl (C=O) groups is 1. The third-order valence-corrected chi connectivity index (χ3v) is 9.03. The fourth-order valence-corrected chi connectivity index (χ4v) is 6.48. The number of halogens is 3. The van der Waals surface area contributed by atoms with Crippen LogP contribution < -0.4 is 4.74 Å². The molecule has 0 saturated carbocycles. The lowest BCUT2D eigenvalue weighted by Gasteiger charge is -2.33. The number of fused-ring (bicyclic) bond motifs is 1. The predicted octanol–water partition coefficient (Wildman–Crippen LogP) is 7.81. The van der Waals surface area contributed by atoms with Crippen molar-refractivity contribution >= 4 is 40.2 Å². The number of hydrogen-bond donors (Lipinski definition) is 1. The van der Waals surface area contributed by atoms with Crippen LogP contribution in [0.3, 0.4) is 0 Å². The zero-order valence-electron chi connectivity index (χ0n) is 24.9. The summed E-state index contributed by atoms with van der Waals surface area (Å²) in [5.41, 5.74) is 4.28. The van der Waals surface area contributed by atoms with Gasteiger partial charge in [-0.25, -0.2) is 19.2 Å². The van der Waals surface area contributed by atoms with Crippen LogP contribution in [-0.4, -0.2) is 48.2 Å². The minimum Gasteiger partial charge on any atom is -0.487 e. The number of carboxylic acids is 1. The Morgan fingerprint density at radius 2 is 1.91 bits per heavy atom. The molecule has 3 aromatic carbocycles. The Hall–Kier alpha value is -3.92. The van der Waals surface area contributed by atoms with Gasteiger partial charge in [0.1, 0.15) is 24.4 Å². The van der Waals surface area contributed by atoms with Crippen LogP contribution >= 0.6 is 23.2 Å². The minimum absolute atomic E-state index is 0.0982. The van der Waals surface area contributed by atoms with Gasteiger partial charge in [0, 0.05) is 17.8 Å². The molecule has 45 heavy (non-hydrogen) atoms. The van der Waals surface area contributed by atoms with Crippen molar-refractivity contribution in [3.8, 4) is 5.75 Å². The number of ether oxygens (including phenoxy) is 1. The number of aryl methyl sites for hydroxylation is 1. The summed E-state index contributed by atoms with van der Waals surface area (Å²) in [5, 5.41) is 10.6. The zero-order chi connectivity index (χ0) is 31.5. The number of likely N-dealkylation sites (tertiary alicyclic amines) is 1. The van der Waals surface area contributed by atoms with Crippen molar-refractivity contribution < 1.29 is 19.0 Å². The summed E-state index contributed by atoms with van der Waals surface area (Å²) in [6, 6.07) is 17.6. The van der Waals surface area contributed by atoms with E-state index in [0.29, 0.717) is 47.3 Å². The maximum absolute atomic E-state index is 15.8. The highest BCUT2D eigenvalue weighted by atomic mass is 35.5. The lowest BCUT2D eigenvalue weighted by molar-refractivity contribution is 0.0697. The van der Waals surface area contributed by atoms with Gasteiger partial charge in [-0.05, 0) is 92.4 Å². The minimum atomic E-state index is -1.08. The lowest BCUT2D eigenvalue weighted by Crippen LogP contribution is -2.35.